The van der Waals surface area contributed by atoms with Crippen LogP contribution in [0.5, 0.6) is 0 Å². The average Bonchev–Trinajstić information content (AvgIpc) is 2.72. The predicted octanol–water partition coefficient (Wildman–Crippen LogP) is 4.84. The van der Waals surface area contributed by atoms with E-state index in [1.165, 1.54) is 11.8 Å². The molecule has 2 aliphatic rings. The SMILES string of the molecule is CC1=C(C(=O)OCc2ccccc2)[C@@H](c2ccccc2Br)N2C(=O)CCSC2=N1. The number of halogens is 1. The lowest BCUT2D eigenvalue weighted by Crippen LogP contribution is -2.46. The molecule has 1 fully saturated rings. The van der Waals surface area contributed by atoms with Gasteiger partial charge in [0, 0.05) is 16.6 Å². The highest BCUT2D eigenvalue weighted by Gasteiger charge is 2.42. The zero-order valence-electron chi connectivity index (χ0n) is 15.8. The highest BCUT2D eigenvalue weighted by molar-refractivity contribution is 9.10. The van der Waals surface area contributed by atoms with Gasteiger partial charge >= 0.3 is 5.97 Å². The maximum atomic E-state index is 13.1. The van der Waals surface area contributed by atoms with Crippen molar-refractivity contribution in [1.29, 1.82) is 0 Å². The van der Waals surface area contributed by atoms with Crippen molar-refractivity contribution in [3.63, 3.8) is 0 Å². The van der Waals surface area contributed by atoms with Crippen molar-refractivity contribution in [2.45, 2.75) is 26.0 Å². The molecule has 4 rings (SSSR count). The number of hydrogen-bond donors (Lipinski definition) is 0. The first-order valence-electron chi connectivity index (χ1n) is 9.26. The van der Waals surface area contributed by atoms with E-state index >= 15 is 0 Å². The second-order valence-electron chi connectivity index (χ2n) is 6.74. The van der Waals surface area contributed by atoms with Crippen molar-refractivity contribution in [3.8, 4) is 0 Å². The number of benzene rings is 2. The van der Waals surface area contributed by atoms with Gasteiger partial charge in [-0.15, -0.1) is 0 Å². The molecule has 1 amide bonds. The maximum absolute atomic E-state index is 13.1. The van der Waals surface area contributed by atoms with Crippen LogP contribution >= 0.6 is 27.7 Å². The van der Waals surface area contributed by atoms with Gasteiger partial charge in [-0.1, -0.05) is 76.2 Å². The number of esters is 1. The Morgan fingerprint density at radius 1 is 1.21 bits per heavy atom. The molecule has 2 aromatic rings. The summed E-state index contributed by atoms with van der Waals surface area (Å²) in [6, 6.07) is 16.6. The van der Waals surface area contributed by atoms with Gasteiger partial charge in [0.2, 0.25) is 5.91 Å². The largest absolute Gasteiger partial charge is 0.457 e. The standard InChI is InChI=1S/C22H19BrN2O3S/c1-14-19(21(27)28-13-15-7-3-2-4-8-15)20(16-9-5-6-10-17(16)23)25-18(26)11-12-29-22(25)24-14/h2-10,20H,11-13H2,1H3/t20-/m1/s1. The molecular weight excluding hydrogens is 452 g/mol. The maximum Gasteiger partial charge on any atom is 0.338 e. The topological polar surface area (TPSA) is 59.0 Å². The van der Waals surface area contributed by atoms with Crippen LogP contribution < -0.4 is 0 Å². The molecule has 1 atom stereocenters. The molecule has 0 aromatic heterocycles. The molecular formula is C22H19BrN2O3S. The minimum absolute atomic E-state index is 0.0379. The Balaban J connectivity index is 1.73. The summed E-state index contributed by atoms with van der Waals surface area (Å²) in [6.07, 6.45) is 0.413. The zero-order valence-corrected chi connectivity index (χ0v) is 18.2. The molecule has 2 aliphatic heterocycles. The van der Waals surface area contributed by atoms with Gasteiger partial charge in [0.15, 0.2) is 5.17 Å². The summed E-state index contributed by atoms with van der Waals surface area (Å²) < 4.78 is 6.45. The quantitative estimate of drug-likeness (QED) is 0.599. The Hall–Kier alpha value is -2.38. The molecule has 2 aromatic carbocycles. The van der Waals surface area contributed by atoms with Crippen LogP contribution in [0.15, 0.2) is 75.3 Å². The van der Waals surface area contributed by atoms with Gasteiger partial charge in [-0.05, 0) is 24.1 Å². The third kappa shape index (κ3) is 4.02. The lowest BCUT2D eigenvalue weighted by Gasteiger charge is -2.39. The summed E-state index contributed by atoms with van der Waals surface area (Å²) in [5.41, 5.74) is 2.72. The van der Waals surface area contributed by atoms with E-state index in [0.29, 0.717) is 28.6 Å². The fourth-order valence-corrected chi connectivity index (χ4v) is 4.96. The normalized spacial score (nSPS) is 19.0. The van der Waals surface area contributed by atoms with E-state index in [-0.39, 0.29) is 12.5 Å². The van der Waals surface area contributed by atoms with Crippen molar-refractivity contribution < 1.29 is 14.3 Å². The Kier molecular flexibility index (Phi) is 5.87. The summed E-state index contributed by atoms with van der Waals surface area (Å²) in [5.74, 6) is 0.195. The van der Waals surface area contributed by atoms with Gasteiger partial charge in [0.1, 0.15) is 6.61 Å². The monoisotopic (exact) mass is 470 g/mol. The van der Waals surface area contributed by atoms with Crippen LogP contribution in [0.3, 0.4) is 0 Å². The third-order valence-corrected chi connectivity index (χ3v) is 6.52. The number of allylic oxidation sites excluding steroid dienone is 1. The minimum Gasteiger partial charge on any atom is -0.457 e. The van der Waals surface area contributed by atoms with E-state index in [0.717, 1.165) is 15.6 Å². The van der Waals surface area contributed by atoms with Crippen LogP contribution in [0.1, 0.15) is 30.5 Å². The molecule has 0 bridgehead atoms. The summed E-state index contributed by atoms with van der Waals surface area (Å²) in [5, 5.41) is 0.638. The van der Waals surface area contributed by atoms with Crippen LogP contribution in [0, 0.1) is 0 Å². The second-order valence-corrected chi connectivity index (χ2v) is 8.66. The van der Waals surface area contributed by atoms with Crippen LogP contribution in [0.25, 0.3) is 0 Å². The highest BCUT2D eigenvalue weighted by atomic mass is 79.9. The molecule has 2 heterocycles. The number of amidine groups is 1. The van der Waals surface area contributed by atoms with Crippen LogP contribution in [-0.4, -0.2) is 27.7 Å². The Morgan fingerprint density at radius 3 is 2.69 bits per heavy atom. The lowest BCUT2D eigenvalue weighted by molar-refractivity contribution is -0.141. The number of fused-ring (bicyclic) bond motifs is 1. The Bertz CT molecular complexity index is 1020. The molecule has 0 saturated carbocycles. The number of amides is 1. The molecule has 7 heteroatoms. The number of ether oxygens (including phenoxy) is 1. The van der Waals surface area contributed by atoms with Gasteiger partial charge in [-0.25, -0.2) is 9.79 Å². The Morgan fingerprint density at radius 2 is 1.93 bits per heavy atom. The smallest absolute Gasteiger partial charge is 0.338 e. The minimum atomic E-state index is -0.568. The summed E-state index contributed by atoms with van der Waals surface area (Å²) >= 11 is 5.12. The van der Waals surface area contributed by atoms with E-state index in [1.54, 1.807) is 11.8 Å². The van der Waals surface area contributed by atoms with E-state index in [4.69, 9.17) is 4.74 Å². The molecule has 0 aliphatic carbocycles. The molecule has 0 spiro atoms. The van der Waals surface area contributed by atoms with E-state index in [1.807, 2.05) is 54.6 Å². The first-order chi connectivity index (χ1) is 14.1. The van der Waals surface area contributed by atoms with Crippen molar-refractivity contribution >= 4 is 44.7 Å². The molecule has 148 valence electrons. The highest BCUT2D eigenvalue weighted by Crippen LogP contribution is 2.42. The average molecular weight is 471 g/mol. The van der Waals surface area contributed by atoms with Gasteiger partial charge in [0.25, 0.3) is 0 Å². The number of carbonyl (C=O) groups is 2. The molecule has 0 unspecified atom stereocenters. The number of carbonyl (C=O) groups excluding carboxylic acids is 2. The number of nitrogens with zero attached hydrogens (tertiary/aromatic N) is 2. The number of hydrogen-bond acceptors (Lipinski definition) is 5. The van der Waals surface area contributed by atoms with Gasteiger partial charge in [-0.2, -0.15) is 0 Å². The third-order valence-electron chi connectivity index (χ3n) is 4.84. The first kappa shape index (κ1) is 19.9. The zero-order chi connectivity index (χ0) is 20.4. The van der Waals surface area contributed by atoms with Crippen LogP contribution in [-0.2, 0) is 20.9 Å². The van der Waals surface area contributed by atoms with E-state index in [2.05, 4.69) is 20.9 Å². The fourth-order valence-electron chi connectivity index (χ4n) is 3.45. The van der Waals surface area contributed by atoms with Gasteiger partial charge < -0.3 is 4.74 Å². The molecule has 0 radical (unpaired) electrons. The van der Waals surface area contributed by atoms with Crippen molar-refractivity contribution in [3.05, 3.63) is 81.5 Å². The van der Waals surface area contributed by atoms with Crippen LogP contribution in [0.2, 0.25) is 0 Å². The lowest BCUT2D eigenvalue weighted by atomic mass is 9.94. The van der Waals surface area contributed by atoms with Gasteiger partial charge in [-0.3, -0.25) is 9.69 Å². The molecule has 5 nitrogen and oxygen atoms in total. The van der Waals surface area contributed by atoms with Crippen LogP contribution in [0.4, 0.5) is 0 Å². The van der Waals surface area contributed by atoms with E-state index < -0.39 is 12.0 Å². The second kappa shape index (κ2) is 8.55. The molecule has 0 N–H and O–H groups in total. The molecule has 29 heavy (non-hydrogen) atoms. The van der Waals surface area contributed by atoms with Crippen molar-refractivity contribution in [1.82, 2.24) is 4.90 Å². The van der Waals surface area contributed by atoms with Crippen molar-refractivity contribution in [2.24, 2.45) is 4.99 Å². The predicted molar refractivity (Wildman–Crippen MR) is 117 cm³/mol. The first-order valence-corrected chi connectivity index (χ1v) is 11.0. The number of aliphatic imine (C=N–C) groups is 1. The van der Waals surface area contributed by atoms with Gasteiger partial charge in [0.05, 0.1) is 17.3 Å². The Labute approximate surface area is 182 Å². The summed E-state index contributed by atoms with van der Waals surface area (Å²) in [6.45, 7) is 1.96. The fraction of sp³-hybridized carbons (Fsp3) is 0.227. The number of thioether (sulfide) groups is 1. The van der Waals surface area contributed by atoms with E-state index in [9.17, 15) is 9.59 Å². The molecule has 1 saturated heterocycles. The summed E-state index contributed by atoms with van der Waals surface area (Å²) in [7, 11) is 0. The van der Waals surface area contributed by atoms with Crippen molar-refractivity contribution in [2.75, 3.05) is 5.75 Å². The summed E-state index contributed by atoms with van der Waals surface area (Å²) in [4.78, 5) is 32.2. The number of rotatable bonds is 4.